The lowest BCUT2D eigenvalue weighted by atomic mass is 9.64. The number of rotatable bonds is 5. The first-order valence-electron chi connectivity index (χ1n) is 9.94. The predicted molar refractivity (Wildman–Crippen MR) is 104 cm³/mol. The first-order chi connectivity index (χ1) is 14.0. The molecule has 2 unspecified atom stereocenters. The van der Waals surface area contributed by atoms with Crippen molar-refractivity contribution < 1.29 is 33.1 Å². The van der Waals surface area contributed by atoms with Crippen molar-refractivity contribution in [2.75, 3.05) is 13.7 Å². The average Bonchev–Trinajstić information content (AvgIpc) is 3.10. The zero-order valence-electron chi connectivity index (χ0n) is 18.0. The van der Waals surface area contributed by atoms with Crippen molar-refractivity contribution in [1.82, 2.24) is 10.2 Å². The van der Waals surface area contributed by atoms with Gasteiger partial charge in [0.2, 0.25) is 5.76 Å². The number of imide groups is 1. The van der Waals surface area contributed by atoms with Crippen molar-refractivity contribution in [1.29, 1.82) is 0 Å². The van der Waals surface area contributed by atoms with Crippen LogP contribution in [-0.2, 0) is 25.7 Å². The van der Waals surface area contributed by atoms with Gasteiger partial charge in [-0.1, -0.05) is 20.8 Å². The molecule has 1 aromatic rings. The number of hydrogen-bond donors (Lipinski definition) is 1. The first-order valence-corrected chi connectivity index (χ1v) is 9.94. The van der Waals surface area contributed by atoms with Gasteiger partial charge in [0, 0.05) is 5.56 Å². The number of nitrogens with one attached hydrogen (secondary N) is 1. The van der Waals surface area contributed by atoms with E-state index >= 15 is 0 Å². The van der Waals surface area contributed by atoms with E-state index < -0.39 is 30.1 Å². The van der Waals surface area contributed by atoms with Gasteiger partial charge in [-0.2, -0.15) is 0 Å². The van der Waals surface area contributed by atoms with Gasteiger partial charge in [0.05, 0.1) is 7.11 Å². The van der Waals surface area contributed by atoms with Crippen molar-refractivity contribution in [2.24, 2.45) is 11.3 Å². The lowest BCUT2D eigenvalue weighted by Gasteiger charge is -2.43. The van der Waals surface area contributed by atoms with Crippen LogP contribution in [0.4, 0.5) is 4.79 Å². The smallest absolute Gasteiger partial charge is 0.374 e. The third-order valence-electron chi connectivity index (χ3n) is 5.63. The highest BCUT2D eigenvalue weighted by atomic mass is 16.6. The highest BCUT2D eigenvalue weighted by Gasteiger charge is 2.56. The Morgan fingerprint density at radius 1 is 1.30 bits per heavy atom. The Morgan fingerprint density at radius 3 is 2.63 bits per heavy atom. The Hall–Kier alpha value is -2.84. The fourth-order valence-corrected chi connectivity index (χ4v) is 4.89. The summed E-state index contributed by atoms with van der Waals surface area (Å²) < 4.78 is 15.1. The number of furan rings is 1. The maximum Gasteiger partial charge on any atom is 0.374 e. The molecule has 1 aliphatic carbocycles. The number of methoxy groups -OCH3 is 1. The molecule has 1 saturated carbocycles. The van der Waals surface area contributed by atoms with Crippen molar-refractivity contribution in [3.8, 4) is 0 Å². The van der Waals surface area contributed by atoms with Gasteiger partial charge in [0.1, 0.15) is 24.5 Å². The van der Waals surface area contributed by atoms with Crippen LogP contribution in [0.3, 0.4) is 0 Å². The van der Waals surface area contributed by atoms with Crippen molar-refractivity contribution in [3.63, 3.8) is 0 Å². The Labute approximate surface area is 175 Å². The molecule has 0 aromatic carbocycles. The lowest BCUT2D eigenvalue weighted by molar-refractivity contribution is -0.150. The molecule has 30 heavy (non-hydrogen) atoms. The molecule has 1 spiro atoms. The summed E-state index contributed by atoms with van der Waals surface area (Å²) in [5, 5.41) is 2.82. The summed E-state index contributed by atoms with van der Waals surface area (Å²) in [6.45, 7) is 7.18. The number of amides is 3. The van der Waals surface area contributed by atoms with Crippen molar-refractivity contribution >= 4 is 23.9 Å². The summed E-state index contributed by atoms with van der Waals surface area (Å²) in [4.78, 5) is 50.3. The SMILES string of the molecule is COC(=O)c1oc(COC(=O)CN2C(=O)NC3(CC(C)CC(C)(C)C3)C2=O)cc1C. The Balaban J connectivity index is 1.62. The van der Waals surface area contributed by atoms with E-state index in [4.69, 9.17) is 9.15 Å². The van der Waals surface area contributed by atoms with Crippen LogP contribution >= 0.6 is 0 Å². The lowest BCUT2D eigenvalue weighted by Crippen LogP contribution is -2.54. The quantitative estimate of drug-likeness (QED) is 0.575. The highest BCUT2D eigenvalue weighted by molar-refractivity contribution is 6.08. The molecule has 0 bridgehead atoms. The standard InChI is InChI=1S/C21H28N2O7/c1-12-7-20(3,4)11-21(8-12)18(26)23(19(27)22-21)9-15(24)29-10-14-6-13(2)16(30-14)17(25)28-5/h6,12H,7-11H2,1-5H3,(H,22,27). The minimum absolute atomic E-state index is 0.0358. The van der Waals surface area contributed by atoms with E-state index in [9.17, 15) is 19.2 Å². The fraction of sp³-hybridized carbons (Fsp3) is 0.619. The van der Waals surface area contributed by atoms with E-state index in [0.29, 0.717) is 18.4 Å². The van der Waals surface area contributed by atoms with E-state index in [-0.39, 0.29) is 35.4 Å². The number of carbonyl (C=O) groups is 4. The van der Waals surface area contributed by atoms with E-state index in [2.05, 4.69) is 30.8 Å². The molecule has 3 rings (SSSR count). The number of hydrogen-bond acceptors (Lipinski definition) is 7. The van der Waals surface area contributed by atoms with Gasteiger partial charge in [-0.3, -0.25) is 14.5 Å². The monoisotopic (exact) mass is 420 g/mol. The summed E-state index contributed by atoms with van der Waals surface area (Å²) >= 11 is 0. The maximum absolute atomic E-state index is 13.1. The molecule has 0 radical (unpaired) electrons. The van der Waals surface area contributed by atoms with Gasteiger partial charge in [-0.25, -0.2) is 9.59 Å². The molecule has 1 N–H and O–H groups in total. The minimum atomic E-state index is -0.966. The van der Waals surface area contributed by atoms with Crippen LogP contribution in [0, 0.1) is 18.3 Å². The predicted octanol–water partition coefficient (Wildman–Crippen LogP) is 2.55. The van der Waals surface area contributed by atoms with Gasteiger partial charge in [0.15, 0.2) is 0 Å². The summed E-state index contributed by atoms with van der Waals surface area (Å²) in [7, 11) is 1.24. The molecule has 164 valence electrons. The molecular weight excluding hydrogens is 392 g/mol. The largest absolute Gasteiger partial charge is 0.463 e. The van der Waals surface area contributed by atoms with Crippen molar-refractivity contribution in [2.45, 2.75) is 59.1 Å². The molecule has 1 saturated heterocycles. The molecule has 2 atom stereocenters. The van der Waals surface area contributed by atoms with Crippen LogP contribution < -0.4 is 5.32 Å². The number of esters is 2. The highest BCUT2D eigenvalue weighted by Crippen LogP contribution is 2.46. The molecule has 1 aromatic heterocycles. The third-order valence-corrected chi connectivity index (χ3v) is 5.63. The molecule has 9 heteroatoms. The number of carbonyl (C=O) groups excluding carboxylic acids is 4. The summed E-state index contributed by atoms with van der Waals surface area (Å²) in [5.41, 5.74) is -0.504. The fourth-order valence-electron chi connectivity index (χ4n) is 4.89. The molecule has 2 aliphatic rings. The average molecular weight is 420 g/mol. The van der Waals surface area contributed by atoms with Gasteiger partial charge >= 0.3 is 18.0 Å². The number of aryl methyl sites for hydroxylation is 1. The summed E-state index contributed by atoms with van der Waals surface area (Å²) in [6, 6.07) is 0.983. The number of ether oxygens (including phenoxy) is 2. The molecule has 1 aliphatic heterocycles. The Morgan fingerprint density at radius 2 is 2.00 bits per heavy atom. The third kappa shape index (κ3) is 4.20. The van der Waals surface area contributed by atoms with Crippen LogP contribution in [0.1, 0.15) is 61.9 Å². The van der Waals surface area contributed by atoms with Crippen LogP contribution in [-0.4, -0.2) is 48.0 Å². The van der Waals surface area contributed by atoms with Crippen LogP contribution in [0.2, 0.25) is 0 Å². The second-order valence-corrected chi connectivity index (χ2v) is 9.14. The van der Waals surface area contributed by atoms with Gasteiger partial charge in [-0.05, 0) is 43.6 Å². The van der Waals surface area contributed by atoms with Gasteiger partial charge < -0.3 is 19.2 Å². The zero-order valence-corrected chi connectivity index (χ0v) is 18.0. The Bertz CT molecular complexity index is 888. The molecule has 2 heterocycles. The molecular formula is C21H28N2O7. The van der Waals surface area contributed by atoms with E-state index in [1.807, 2.05) is 0 Å². The van der Waals surface area contributed by atoms with E-state index in [0.717, 1.165) is 11.3 Å². The number of urea groups is 1. The van der Waals surface area contributed by atoms with Crippen LogP contribution in [0.5, 0.6) is 0 Å². The second kappa shape index (κ2) is 7.77. The molecule has 2 fully saturated rings. The number of nitrogens with zero attached hydrogens (tertiary/aromatic N) is 1. The van der Waals surface area contributed by atoms with Gasteiger partial charge in [0.25, 0.3) is 5.91 Å². The van der Waals surface area contributed by atoms with Crippen LogP contribution in [0.25, 0.3) is 0 Å². The minimum Gasteiger partial charge on any atom is -0.463 e. The zero-order chi connectivity index (χ0) is 22.3. The van der Waals surface area contributed by atoms with Gasteiger partial charge in [-0.15, -0.1) is 0 Å². The molecule has 3 amide bonds. The van der Waals surface area contributed by atoms with Crippen LogP contribution in [0.15, 0.2) is 10.5 Å². The Kier molecular flexibility index (Phi) is 5.66. The summed E-state index contributed by atoms with van der Waals surface area (Å²) in [5.74, 6) is -1.18. The van der Waals surface area contributed by atoms with E-state index in [1.165, 1.54) is 7.11 Å². The van der Waals surface area contributed by atoms with Crippen molar-refractivity contribution in [3.05, 3.63) is 23.2 Å². The van der Waals surface area contributed by atoms with E-state index in [1.54, 1.807) is 13.0 Å². The molecule has 9 nitrogen and oxygen atoms in total. The maximum atomic E-state index is 13.1. The topological polar surface area (TPSA) is 115 Å². The summed E-state index contributed by atoms with van der Waals surface area (Å²) in [6.07, 6.45) is 2.05. The first kappa shape index (κ1) is 21.9. The normalized spacial score (nSPS) is 25.4. The second-order valence-electron chi connectivity index (χ2n) is 9.14.